The van der Waals surface area contributed by atoms with Gasteiger partial charge >= 0.3 is 0 Å². The summed E-state index contributed by atoms with van der Waals surface area (Å²) in [5.41, 5.74) is 0. The molecule has 0 aliphatic carbocycles. The van der Waals surface area contributed by atoms with Crippen molar-refractivity contribution in [1.82, 2.24) is 0 Å². The standard InChI is InChI=1S/2C6H14O3.H2O/c1-5(7)3-9-4-6(2)8;1-3-5(7)9-6(8)4-2;/h2*5-8H,3-4H2,1-2H3;1H2. The van der Waals surface area contributed by atoms with Crippen molar-refractivity contribution < 1.29 is 35.4 Å². The Labute approximate surface area is 115 Å². The predicted molar refractivity (Wildman–Crippen MR) is 71.5 cm³/mol. The number of aliphatic hydroxyl groups excluding tert-OH is 4. The van der Waals surface area contributed by atoms with Gasteiger partial charge in [0.1, 0.15) is 0 Å². The second kappa shape index (κ2) is 15.8. The van der Waals surface area contributed by atoms with E-state index in [1.165, 1.54) is 0 Å². The van der Waals surface area contributed by atoms with E-state index in [9.17, 15) is 0 Å². The van der Waals surface area contributed by atoms with Crippen molar-refractivity contribution in [3.8, 4) is 0 Å². The molecule has 19 heavy (non-hydrogen) atoms. The summed E-state index contributed by atoms with van der Waals surface area (Å²) in [6.45, 7) is 7.44. The zero-order chi connectivity index (χ0) is 14.6. The van der Waals surface area contributed by atoms with Crippen molar-refractivity contribution in [1.29, 1.82) is 0 Å². The molecule has 0 fully saturated rings. The van der Waals surface area contributed by atoms with Crippen molar-refractivity contribution >= 4 is 0 Å². The van der Waals surface area contributed by atoms with Crippen LogP contribution < -0.4 is 0 Å². The maximum atomic E-state index is 8.78. The summed E-state index contributed by atoms with van der Waals surface area (Å²) in [6, 6.07) is 0. The molecular formula is C12H30O7. The Morgan fingerprint density at radius 1 is 0.789 bits per heavy atom. The van der Waals surface area contributed by atoms with Gasteiger partial charge in [-0.25, -0.2) is 0 Å². The van der Waals surface area contributed by atoms with E-state index < -0.39 is 24.8 Å². The highest BCUT2D eigenvalue weighted by molar-refractivity contribution is 4.45. The Hall–Kier alpha value is -0.280. The van der Waals surface area contributed by atoms with E-state index in [1.807, 2.05) is 0 Å². The Kier molecular flexibility index (Phi) is 19.8. The van der Waals surface area contributed by atoms with Crippen molar-refractivity contribution in [3.63, 3.8) is 0 Å². The lowest BCUT2D eigenvalue weighted by molar-refractivity contribution is -0.208. The number of hydrogen-bond donors (Lipinski definition) is 4. The summed E-state index contributed by atoms with van der Waals surface area (Å²) in [5.74, 6) is 0. The van der Waals surface area contributed by atoms with Gasteiger partial charge in [-0.1, -0.05) is 13.8 Å². The van der Waals surface area contributed by atoms with Gasteiger partial charge in [-0.05, 0) is 26.7 Å². The molecule has 0 amide bonds. The average molecular weight is 286 g/mol. The number of aliphatic hydroxyl groups is 4. The summed E-state index contributed by atoms with van der Waals surface area (Å²) in [4.78, 5) is 0. The first-order valence-electron chi connectivity index (χ1n) is 6.28. The molecule has 0 aromatic rings. The molecular weight excluding hydrogens is 256 g/mol. The van der Waals surface area contributed by atoms with E-state index in [0.717, 1.165) is 0 Å². The Balaban J connectivity index is -0.000000256. The largest absolute Gasteiger partial charge is 0.412 e. The van der Waals surface area contributed by atoms with Crippen LogP contribution in [0.5, 0.6) is 0 Å². The molecule has 0 aliphatic heterocycles. The van der Waals surface area contributed by atoms with Crippen molar-refractivity contribution in [3.05, 3.63) is 0 Å². The molecule has 0 heterocycles. The molecule has 4 unspecified atom stereocenters. The maximum absolute atomic E-state index is 8.78. The van der Waals surface area contributed by atoms with Crippen LogP contribution >= 0.6 is 0 Å². The fourth-order valence-electron chi connectivity index (χ4n) is 0.783. The Morgan fingerprint density at radius 2 is 1.11 bits per heavy atom. The summed E-state index contributed by atoms with van der Waals surface area (Å²) >= 11 is 0. The summed E-state index contributed by atoms with van der Waals surface area (Å²) in [5, 5.41) is 34.9. The van der Waals surface area contributed by atoms with Crippen LogP contribution in [0.25, 0.3) is 0 Å². The van der Waals surface area contributed by atoms with Crippen LogP contribution in [0.3, 0.4) is 0 Å². The zero-order valence-electron chi connectivity index (χ0n) is 12.2. The molecule has 0 aliphatic rings. The van der Waals surface area contributed by atoms with E-state index in [4.69, 9.17) is 25.2 Å². The van der Waals surface area contributed by atoms with Crippen LogP contribution in [0.2, 0.25) is 0 Å². The lowest BCUT2D eigenvalue weighted by atomic mass is 10.4. The highest BCUT2D eigenvalue weighted by Gasteiger charge is 2.05. The molecule has 0 aromatic carbocycles. The van der Waals surface area contributed by atoms with Crippen molar-refractivity contribution in [2.75, 3.05) is 13.2 Å². The van der Waals surface area contributed by atoms with Gasteiger partial charge in [0, 0.05) is 0 Å². The molecule has 0 radical (unpaired) electrons. The summed E-state index contributed by atoms with van der Waals surface area (Å²) in [6.07, 6.45) is -1.50. The molecule has 0 bridgehead atoms. The van der Waals surface area contributed by atoms with E-state index in [1.54, 1.807) is 27.7 Å². The molecule has 7 nitrogen and oxygen atoms in total. The Morgan fingerprint density at radius 3 is 1.32 bits per heavy atom. The van der Waals surface area contributed by atoms with Crippen molar-refractivity contribution in [2.45, 2.75) is 65.3 Å². The topological polar surface area (TPSA) is 131 Å². The first-order valence-corrected chi connectivity index (χ1v) is 6.28. The lowest BCUT2D eigenvalue weighted by Crippen LogP contribution is -2.19. The van der Waals surface area contributed by atoms with Gasteiger partial charge in [0.2, 0.25) is 0 Å². The van der Waals surface area contributed by atoms with Gasteiger partial charge in [0.15, 0.2) is 12.6 Å². The molecule has 6 N–H and O–H groups in total. The third-order valence-electron chi connectivity index (χ3n) is 1.73. The average Bonchev–Trinajstić information content (AvgIpc) is 2.28. The summed E-state index contributed by atoms with van der Waals surface area (Å²) in [7, 11) is 0. The molecule has 0 saturated carbocycles. The first-order chi connectivity index (χ1) is 8.33. The van der Waals surface area contributed by atoms with Gasteiger partial charge in [-0.3, -0.25) is 0 Å². The molecule has 0 rings (SSSR count). The second-order valence-corrected chi connectivity index (χ2v) is 4.10. The van der Waals surface area contributed by atoms with E-state index >= 15 is 0 Å². The fraction of sp³-hybridized carbons (Fsp3) is 1.00. The third kappa shape index (κ3) is 23.3. The van der Waals surface area contributed by atoms with Crippen LogP contribution in [0.15, 0.2) is 0 Å². The van der Waals surface area contributed by atoms with Crippen LogP contribution in [0.1, 0.15) is 40.5 Å². The van der Waals surface area contributed by atoms with Gasteiger partial charge in [-0.2, -0.15) is 0 Å². The highest BCUT2D eigenvalue weighted by Crippen LogP contribution is 1.99. The second-order valence-electron chi connectivity index (χ2n) is 4.10. The SMILES string of the molecule is CC(O)COCC(C)O.CCC(O)OC(O)CC.O. The summed E-state index contributed by atoms with van der Waals surface area (Å²) < 4.78 is 9.52. The zero-order valence-corrected chi connectivity index (χ0v) is 12.2. The van der Waals surface area contributed by atoms with Crippen LogP contribution in [-0.2, 0) is 9.47 Å². The van der Waals surface area contributed by atoms with Gasteiger partial charge in [0.05, 0.1) is 25.4 Å². The first kappa shape index (κ1) is 23.8. The van der Waals surface area contributed by atoms with Crippen LogP contribution in [0.4, 0.5) is 0 Å². The van der Waals surface area contributed by atoms with Crippen LogP contribution in [0, 0.1) is 0 Å². The van der Waals surface area contributed by atoms with Gasteiger partial charge in [0.25, 0.3) is 0 Å². The minimum absolute atomic E-state index is 0. The third-order valence-corrected chi connectivity index (χ3v) is 1.73. The number of hydrogen-bond acceptors (Lipinski definition) is 6. The fourth-order valence-corrected chi connectivity index (χ4v) is 0.783. The Bertz CT molecular complexity index is 148. The quantitative estimate of drug-likeness (QED) is 0.441. The van der Waals surface area contributed by atoms with E-state index in [-0.39, 0.29) is 5.48 Å². The predicted octanol–water partition coefficient (Wildman–Crippen LogP) is -0.600. The van der Waals surface area contributed by atoms with Crippen LogP contribution in [-0.4, -0.2) is 63.9 Å². The molecule has 4 atom stereocenters. The lowest BCUT2D eigenvalue weighted by Gasteiger charge is -2.13. The minimum atomic E-state index is -0.819. The highest BCUT2D eigenvalue weighted by atomic mass is 16.7. The van der Waals surface area contributed by atoms with E-state index in [0.29, 0.717) is 26.1 Å². The van der Waals surface area contributed by atoms with Gasteiger partial charge < -0.3 is 35.4 Å². The molecule has 0 saturated heterocycles. The molecule has 7 heteroatoms. The number of rotatable bonds is 8. The molecule has 0 aromatic heterocycles. The minimum Gasteiger partial charge on any atom is -0.412 e. The van der Waals surface area contributed by atoms with Gasteiger partial charge in [-0.15, -0.1) is 0 Å². The number of ether oxygens (including phenoxy) is 2. The normalized spacial score (nSPS) is 16.4. The monoisotopic (exact) mass is 286 g/mol. The smallest absolute Gasteiger partial charge is 0.157 e. The van der Waals surface area contributed by atoms with Crippen molar-refractivity contribution in [2.24, 2.45) is 0 Å². The van der Waals surface area contributed by atoms with E-state index in [2.05, 4.69) is 4.74 Å². The maximum Gasteiger partial charge on any atom is 0.157 e. The molecule has 120 valence electrons. The molecule has 0 spiro atoms.